The van der Waals surface area contributed by atoms with Crippen LogP contribution in [0.15, 0.2) is 23.1 Å². The maximum atomic E-state index is 13.1. The number of halogens is 3. The Labute approximate surface area is 133 Å². The van der Waals surface area contributed by atoms with E-state index < -0.39 is 11.6 Å². The number of hydrogen-bond acceptors (Lipinski definition) is 3. The van der Waals surface area contributed by atoms with E-state index >= 15 is 0 Å². The van der Waals surface area contributed by atoms with E-state index in [4.69, 9.17) is 5.73 Å². The molecule has 1 atom stereocenters. The first-order valence-corrected chi connectivity index (χ1v) is 7.48. The lowest BCUT2D eigenvalue weighted by Gasteiger charge is -2.22. The number of carbonyl (C=O) groups excluding carboxylic acids is 1. The molecular weight excluding hydrogens is 318 g/mol. The van der Waals surface area contributed by atoms with Gasteiger partial charge in [-0.2, -0.15) is 0 Å². The normalized spacial score (nSPS) is 21.2. The van der Waals surface area contributed by atoms with Crippen molar-refractivity contribution in [1.82, 2.24) is 4.90 Å². The molecule has 1 heterocycles. The summed E-state index contributed by atoms with van der Waals surface area (Å²) in [6, 6.07) is 3.66. The van der Waals surface area contributed by atoms with Crippen molar-refractivity contribution >= 4 is 30.1 Å². The Morgan fingerprint density at radius 2 is 2.14 bits per heavy atom. The second-order valence-corrected chi connectivity index (χ2v) is 6.49. The Morgan fingerprint density at radius 1 is 1.43 bits per heavy atom. The molecule has 118 valence electrons. The number of amides is 1. The minimum absolute atomic E-state index is 0. The van der Waals surface area contributed by atoms with E-state index in [1.54, 1.807) is 4.90 Å². The zero-order chi connectivity index (χ0) is 14.8. The number of nitrogens with zero attached hydrogens (tertiary/aromatic N) is 1. The highest BCUT2D eigenvalue weighted by Gasteiger charge is 2.34. The topological polar surface area (TPSA) is 46.3 Å². The second kappa shape index (κ2) is 7.42. The van der Waals surface area contributed by atoms with Crippen LogP contribution in [0.5, 0.6) is 0 Å². The third-order valence-electron chi connectivity index (χ3n) is 3.66. The van der Waals surface area contributed by atoms with Crippen molar-refractivity contribution in [2.45, 2.75) is 18.2 Å². The molecule has 1 aliphatic heterocycles. The zero-order valence-electron chi connectivity index (χ0n) is 11.8. The highest BCUT2D eigenvalue weighted by molar-refractivity contribution is 8.00. The molecule has 1 aromatic carbocycles. The first-order valence-electron chi connectivity index (χ1n) is 6.49. The summed E-state index contributed by atoms with van der Waals surface area (Å²) in [7, 11) is 0. The molecule has 0 saturated carbocycles. The fraction of sp³-hybridized carbons (Fsp3) is 0.500. The second-order valence-electron chi connectivity index (χ2n) is 5.44. The summed E-state index contributed by atoms with van der Waals surface area (Å²) in [4.78, 5) is 14.4. The highest BCUT2D eigenvalue weighted by atomic mass is 35.5. The molecule has 2 rings (SSSR count). The van der Waals surface area contributed by atoms with Crippen molar-refractivity contribution < 1.29 is 13.6 Å². The maximum absolute atomic E-state index is 13.1. The summed E-state index contributed by atoms with van der Waals surface area (Å²) in [6.45, 7) is 4.02. The van der Waals surface area contributed by atoms with Crippen LogP contribution in [0.3, 0.4) is 0 Å². The van der Waals surface area contributed by atoms with E-state index in [0.29, 0.717) is 24.5 Å². The Kier molecular flexibility index (Phi) is 6.43. The van der Waals surface area contributed by atoms with Gasteiger partial charge in [-0.25, -0.2) is 8.78 Å². The van der Waals surface area contributed by atoms with Gasteiger partial charge in [-0.05, 0) is 36.6 Å². The Morgan fingerprint density at radius 3 is 2.71 bits per heavy atom. The Hall–Kier alpha value is -0.850. The predicted octanol–water partition coefficient (Wildman–Crippen LogP) is 2.68. The van der Waals surface area contributed by atoms with Gasteiger partial charge >= 0.3 is 0 Å². The van der Waals surface area contributed by atoms with Gasteiger partial charge in [0.05, 0.1) is 5.75 Å². The lowest BCUT2D eigenvalue weighted by molar-refractivity contribution is -0.127. The van der Waals surface area contributed by atoms with Gasteiger partial charge in [0.1, 0.15) is 0 Å². The van der Waals surface area contributed by atoms with Crippen LogP contribution in [0.25, 0.3) is 0 Å². The molecule has 0 radical (unpaired) electrons. The van der Waals surface area contributed by atoms with Crippen LogP contribution in [-0.4, -0.2) is 36.2 Å². The molecular formula is C14H19ClF2N2OS. The SMILES string of the molecule is CC1(CN)CCN(C(=O)CSc2ccc(F)c(F)c2)C1.Cl. The van der Waals surface area contributed by atoms with Gasteiger partial charge < -0.3 is 10.6 Å². The lowest BCUT2D eigenvalue weighted by Crippen LogP contribution is -2.35. The first-order chi connectivity index (χ1) is 9.43. The molecule has 0 aliphatic carbocycles. The van der Waals surface area contributed by atoms with E-state index in [1.807, 2.05) is 0 Å². The van der Waals surface area contributed by atoms with E-state index in [2.05, 4.69) is 6.92 Å². The van der Waals surface area contributed by atoms with Crippen LogP contribution in [0.2, 0.25) is 0 Å². The van der Waals surface area contributed by atoms with Gasteiger partial charge in [-0.1, -0.05) is 6.92 Å². The van der Waals surface area contributed by atoms with Crippen molar-refractivity contribution in [3.63, 3.8) is 0 Å². The molecule has 21 heavy (non-hydrogen) atoms. The minimum atomic E-state index is -0.890. The monoisotopic (exact) mass is 336 g/mol. The van der Waals surface area contributed by atoms with Gasteiger partial charge in [0.15, 0.2) is 11.6 Å². The summed E-state index contributed by atoms with van der Waals surface area (Å²) >= 11 is 1.22. The molecule has 1 amide bonds. The van der Waals surface area contributed by atoms with Crippen LogP contribution in [0, 0.1) is 17.0 Å². The zero-order valence-corrected chi connectivity index (χ0v) is 13.4. The molecule has 0 bridgehead atoms. The standard InChI is InChI=1S/C14H18F2N2OS.ClH/c1-14(8-17)4-5-18(9-14)13(19)7-20-10-2-3-11(15)12(16)6-10;/h2-3,6H,4-5,7-9,17H2,1H3;1H. The van der Waals surface area contributed by atoms with Crippen LogP contribution >= 0.6 is 24.2 Å². The number of benzene rings is 1. The van der Waals surface area contributed by atoms with Crippen molar-refractivity contribution in [3.8, 4) is 0 Å². The van der Waals surface area contributed by atoms with Crippen molar-refractivity contribution in [2.24, 2.45) is 11.1 Å². The average molecular weight is 337 g/mol. The van der Waals surface area contributed by atoms with E-state index in [9.17, 15) is 13.6 Å². The molecule has 7 heteroatoms. The third kappa shape index (κ3) is 4.56. The Bertz CT molecular complexity index is 518. The molecule has 1 unspecified atom stereocenters. The number of hydrogen-bond donors (Lipinski definition) is 1. The molecule has 3 nitrogen and oxygen atoms in total. The predicted molar refractivity (Wildman–Crippen MR) is 82.7 cm³/mol. The van der Waals surface area contributed by atoms with Crippen molar-refractivity contribution in [3.05, 3.63) is 29.8 Å². The highest BCUT2D eigenvalue weighted by Crippen LogP contribution is 2.29. The van der Waals surface area contributed by atoms with Crippen LogP contribution < -0.4 is 5.73 Å². The van der Waals surface area contributed by atoms with Crippen LogP contribution in [0.4, 0.5) is 8.78 Å². The summed E-state index contributed by atoms with van der Waals surface area (Å²) in [6.07, 6.45) is 0.908. The molecule has 1 aliphatic rings. The van der Waals surface area contributed by atoms with E-state index in [0.717, 1.165) is 18.6 Å². The summed E-state index contributed by atoms with van der Waals surface area (Å²) in [5.41, 5.74) is 5.71. The third-order valence-corrected chi connectivity index (χ3v) is 4.64. The number of rotatable bonds is 4. The number of likely N-dealkylation sites (tertiary alicyclic amines) is 1. The lowest BCUT2D eigenvalue weighted by atomic mass is 9.90. The number of thioether (sulfide) groups is 1. The fourth-order valence-corrected chi connectivity index (χ4v) is 3.03. The molecule has 1 saturated heterocycles. The summed E-state index contributed by atoms with van der Waals surface area (Å²) < 4.78 is 25.9. The number of carbonyl (C=O) groups is 1. The van der Waals surface area contributed by atoms with Crippen LogP contribution in [-0.2, 0) is 4.79 Å². The molecule has 0 spiro atoms. The smallest absolute Gasteiger partial charge is 0.232 e. The van der Waals surface area contributed by atoms with Crippen LogP contribution in [0.1, 0.15) is 13.3 Å². The Balaban J connectivity index is 0.00000220. The molecule has 0 aromatic heterocycles. The molecule has 1 aromatic rings. The molecule has 1 fully saturated rings. The van der Waals surface area contributed by atoms with Gasteiger partial charge in [-0.15, -0.1) is 24.2 Å². The van der Waals surface area contributed by atoms with Gasteiger partial charge in [-0.3, -0.25) is 4.79 Å². The quantitative estimate of drug-likeness (QED) is 0.860. The fourth-order valence-electron chi connectivity index (χ4n) is 2.21. The van der Waals surface area contributed by atoms with E-state index in [1.165, 1.54) is 17.8 Å². The van der Waals surface area contributed by atoms with Gasteiger partial charge in [0.2, 0.25) is 5.91 Å². The molecule has 2 N–H and O–H groups in total. The first kappa shape index (κ1) is 18.2. The minimum Gasteiger partial charge on any atom is -0.341 e. The van der Waals surface area contributed by atoms with E-state index in [-0.39, 0.29) is 29.5 Å². The van der Waals surface area contributed by atoms with Gasteiger partial charge in [0.25, 0.3) is 0 Å². The van der Waals surface area contributed by atoms with Crippen molar-refractivity contribution in [1.29, 1.82) is 0 Å². The summed E-state index contributed by atoms with van der Waals surface area (Å²) in [5.74, 6) is -1.53. The van der Waals surface area contributed by atoms with Gasteiger partial charge in [0, 0.05) is 18.0 Å². The number of nitrogens with two attached hydrogens (primary N) is 1. The van der Waals surface area contributed by atoms with Crippen molar-refractivity contribution in [2.75, 3.05) is 25.4 Å². The largest absolute Gasteiger partial charge is 0.341 e. The summed E-state index contributed by atoms with van der Waals surface area (Å²) in [5, 5.41) is 0. The average Bonchev–Trinajstić information content (AvgIpc) is 2.83. The maximum Gasteiger partial charge on any atom is 0.232 e.